The van der Waals surface area contributed by atoms with Crippen molar-refractivity contribution < 1.29 is 36.2 Å². The number of nitrogens with one attached hydrogen (secondary N) is 2. The van der Waals surface area contributed by atoms with Crippen molar-refractivity contribution in [3.63, 3.8) is 0 Å². The molecule has 0 bridgehead atoms. The largest absolute Gasteiger partial charge is 0.490 e. The molecule has 0 spiro atoms. The fraction of sp³-hybridized carbons (Fsp3) is 0.233. The highest BCUT2D eigenvalue weighted by Gasteiger charge is 2.20. The molecule has 0 aliphatic carbocycles. The topological polar surface area (TPSA) is 134 Å². The van der Waals surface area contributed by atoms with Gasteiger partial charge in [-0.05, 0) is 93.5 Å². The molecule has 14 heteroatoms. The van der Waals surface area contributed by atoms with Crippen molar-refractivity contribution in [3.8, 4) is 17.0 Å². The van der Waals surface area contributed by atoms with Crippen molar-refractivity contribution in [2.45, 2.75) is 17.7 Å². The summed E-state index contributed by atoms with van der Waals surface area (Å²) in [5.41, 5.74) is 1.80. The molecule has 1 aliphatic rings. The van der Waals surface area contributed by atoms with Crippen LogP contribution in [0.4, 0.5) is 30.4 Å². The Bertz CT molecular complexity index is 1690. The number of nitrogens with zero attached hydrogens (tertiary/aromatic N) is 3. The Morgan fingerprint density at radius 2 is 1.64 bits per heavy atom. The maximum absolute atomic E-state index is 14.8. The number of anilines is 3. The lowest BCUT2D eigenvalue weighted by Crippen LogP contribution is -2.32. The van der Waals surface area contributed by atoms with E-state index in [0.717, 1.165) is 38.1 Å². The van der Waals surface area contributed by atoms with Crippen molar-refractivity contribution in [1.82, 2.24) is 14.9 Å². The zero-order valence-corrected chi connectivity index (χ0v) is 24.4. The molecular formula is C30H30F3N5O5S. The first-order valence-electron chi connectivity index (χ1n) is 13.4. The number of aromatic nitrogens is 2. The number of likely N-dealkylation sites (tertiary alicyclic amines) is 1. The number of piperidine rings is 1. The summed E-state index contributed by atoms with van der Waals surface area (Å²) in [7, 11) is -2.17. The Balaban J connectivity index is 0.00000141. The van der Waals surface area contributed by atoms with E-state index < -0.39 is 32.4 Å². The molecule has 1 aliphatic heterocycles. The number of ether oxygens (including phenoxy) is 1. The summed E-state index contributed by atoms with van der Waals surface area (Å²) < 4.78 is 75.0. The number of hydrogen-bond acceptors (Lipinski definition) is 8. The summed E-state index contributed by atoms with van der Waals surface area (Å²) in [4.78, 5) is 18.4. The number of sulfonamides is 1. The number of hydrogen-bond donors (Lipinski definition) is 3. The number of carbonyl (C=O) groups is 1. The van der Waals surface area contributed by atoms with Gasteiger partial charge in [0.1, 0.15) is 28.7 Å². The third kappa shape index (κ3) is 8.67. The molecule has 10 nitrogen and oxygen atoms in total. The van der Waals surface area contributed by atoms with E-state index in [0.29, 0.717) is 41.4 Å². The molecule has 5 rings (SSSR count). The minimum Gasteiger partial charge on any atom is -0.490 e. The van der Waals surface area contributed by atoms with E-state index in [9.17, 15) is 21.6 Å². The van der Waals surface area contributed by atoms with Crippen molar-refractivity contribution >= 4 is 33.7 Å². The lowest BCUT2D eigenvalue weighted by molar-refractivity contribution is -0.122. The van der Waals surface area contributed by atoms with Gasteiger partial charge in [0, 0.05) is 29.1 Å². The maximum atomic E-state index is 14.8. The minimum atomic E-state index is -4.26. The molecule has 3 N–H and O–H groups in total. The molecule has 3 aromatic carbocycles. The first kappa shape index (κ1) is 32.2. The molecule has 232 valence electrons. The maximum Gasteiger partial charge on any atom is 0.290 e. The summed E-state index contributed by atoms with van der Waals surface area (Å²) in [6.45, 7) is 2.26. The molecule has 44 heavy (non-hydrogen) atoms. The summed E-state index contributed by atoms with van der Waals surface area (Å²) >= 11 is 0. The molecule has 2 heterocycles. The van der Waals surface area contributed by atoms with Crippen LogP contribution in [-0.4, -0.2) is 61.6 Å². The average Bonchev–Trinajstić information content (AvgIpc) is 2.98. The van der Waals surface area contributed by atoms with Gasteiger partial charge in [0.2, 0.25) is 0 Å². The zero-order chi connectivity index (χ0) is 31.7. The van der Waals surface area contributed by atoms with Crippen LogP contribution in [0.25, 0.3) is 11.3 Å². The van der Waals surface area contributed by atoms with Gasteiger partial charge in [0.15, 0.2) is 11.6 Å². The monoisotopic (exact) mass is 629 g/mol. The van der Waals surface area contributed by atoms with Gasteiger partial charge >= 0.3 is 0 Å². The van der Waals surface area contributed by atoms with Crippen molar-refractivity contribution in [1.29, 1.82) is 0 Å². The van der Waals surface area contributed by atoms with E-state index in [1.54, 1.807) is 30.3 Å². The summed E-state index contributed by atoms with van der Waals surface area (Å²) in [5, 5.41) is 9.97. The average molecular weight is 630 g/mol. The third-order valence-electron chi connectivity index (χ3n) is 6.80. The van der Waals surface area contributed by atoms with E-state index in [1.165, 1.54) is 24.5 Å². The van der Waals surface area contributed by atoms with E-state index in [-0.39, 0.29) is 17.9 Å². The first-order chi connectivity index (χ1) is 21.1. The highest BCUT2D eigenvalue weighted by Crippen LogP contribution is 2.28. The smallest absolute Gasteiger partial charge is 0.290 e. The zero-order valence-electron chi connectivity index (χ0n) is 23.6. The first-order valence-corrected chi connectivity index (χ1v) is 14.9. The van der Waals surface area contributed by atoms with Gasteiger partial charge in [-0.1, -0.05) is 0 Å². The standard InChI is InChI=1S/C29H28F3N5O3S.CH2O2/c1-37-12-10-19(11-13-37)17-40-27-8-2-20(14-24(27)31)26-16-29(34-18-33-26)35-22-4-6-23(7-5-22)36-41(38,39)28-9-3-21(30)15-25(28)32;2-1-3/h2-9,14-16,18-19,36H,10-13,17H2,1H3,(H,33,34,35);1H,(H,2,3). The second-order valence-corrected chi connectivity index (χ2v) is 11.6. The van der Waals surface area contributed by atoms with Gasteiger partial charge < -0.3 is 20.1 Å². The fourth-order valence-electron chi connectivity index (χ4n) is 4.47. The van der Waals surface area contributed by atoms with Crippen LogP contribution in [0.3, 0.4) is 0 Å². The molecule has 1 fully saturated rings. The van der Waals surface area contributed by atoms with Crippen molar-refractivity contribution in [3.05, 3.63) is 90.5 Å². The molecule has 0 saturated carbocycles. The molecule has 0 radical (unpaired) electrons. The molecular weight excluding hydrogens is 599 g/mol. The van der Waals surface area contributed by atoms with E-state index in [4.69, 9.17) is 14.6 Å². The predicted molar refractivity (Wildman–Crippen MR) is 159 cm³/mol. The second-order valence-electron chi connectivity index (χ2n) is 9.98. The van der Waals surface area contributed by atoms with Crippen LogP contribution in [0.5, 0.6) is 5.75 Å². The third-order valence-corrected chi connectivity index (χ3v) is 8.21. The Kier molecular flexibility index (Phi) is 10.7. The Morgan fingerprint density at radius 3 is 2.30 bits per heavy atom. The normalized spacial score (nSPS) is 13.8. The van der Waals surface area contributed by atoms with Crippen LogP contribution >= 0.6 is 0 Å². The van der Waals surface area contributed by atoms with Gasteiger partial charge in [-0.15, -0.1) is 0 Å². The van der Waals surface area contributed by atoms with E-state index in [1.807, 2.05) is 0 Å². The molecule has 0 atom stereocenters. The summed E-state index contributed by atoms with van der Waals surface area (Å²) in [6.07, 6.45) is 3.41. The number of carboxylic acid groups (broad SMARTS) is 1. The second kappa shape index (κ2) is 14.7. The highest BCUT2D eigenvalue weighted by molar-refractivity contribution is 7.92. The van der Waals surface area contributed by atoms with E-state index >= 15 is 0 Å². The van der Waals surface area contributed by atoms with Crippen molar-refractivity contribution in [2.75, 3.05) is 36.8 Å². The molecule has 1 saturated heterocycles. The van der Waals surface area contributed by atoms with Crippen LogP contribution in [-0.2, 0) is 14.8 Å². The van der Waals surface area contributed by atoms with Gasteiger partial charge in [-0.25, -0.2) is 31.6 Å². The Hall–Kier alpha value is -4.69. The Labute approximate surface area is 252 Å². The number of rotatable bonds is 9. The van der Waals surface area contributed by atoms with Crippen molar-refractivity contribution in [2.24, 2.45) is 5.92 Å². The fourth-order valence-corrected chi connectivity index (χ4v) is 5.59. The lowest BCUT2D eigenvalue weighted by atomic mass is 9.98. The van der Waals surface area contributed by atoms with Gasteiger partial charge in [-0.3, -0.25) is 9.52 Å². The van der Waals surface area contributed by atoms with Crippen LogP contribution < -0.4 is 14.8 Å². The summed E-state index contributed by atoms with van der Waals surface area (Å²) in [6, 6.07) is 14.7. The molecule has 0 amide bonds. The lowest BCUT2D eigenvalue weighted by Gasteiger charge is -2.28. The molecule has 1 aromatic heterocycles. The Morgan fingerprint density at radius 1 is 0.955 bits per heavy atom. The highest BCUT2D eigenvalue weighted by atomic mass is 32.2. The van der Waals surface area contributed by atoms with Crippen LogP contribution in [0.15, 0.2) is 78.0 Å². The van der Waals surface area contributed by atoms with Crippen LogP contribution in [0, 0.1) is 23.4 Å². The molecule has 4 aromatic rings. The minimum absolute atomic E-state index is 0.177. The summed E-state index contributed by atoms with van der Waals surface area (Å²) in [5.74, 6) is -1.49. The van der Waals surface area contributed by atoms with E-state index in [2.05, 4.69) is 32.0 Å². The number of halogens is 3. The van der Waals surface area contributed by atoms with Gasteiger partial charge in [0.05, 0.1) is 12.3 Å². The van der Waals surface area contributed by atoms with Crippen LogP contribution in [0.1, 0.15) is 12.8 Å². The van der Waals surface area contributed by atoms with Crippen LogP contribution in [0.2, 0.25) is 0 Å². The molecule has 0 unspecified atom stereocenters. The number of benzene rings is 3. The van der Waals surface area contributed by atoms with Gasteiger partial charge in [0.25, 0.3) is 16.5 Å². The quantitative estimate of drug-likeness (QED) is 0.205. The van der Waals surface area contributed by atoms with Gasteiger partial charge in [-0.2, -0.15) is 0 Å². The predicted octanol–water partition coefficient (Wildman–Crippen LogP) is 5.53. The SMILES string of the molecule is CN1CCC(COc2ccc(-c3cc(Nc4ccc(NS(=O)(=O)c5ccc(F)cc5F)cc4)ncn3)cc2F)CC1.O=CO.